The van der Waals surface area contributed by atoms with E-state index in [4.69, 9.17) is 9.66 Å². The molecule has 0 amide bonds. The predicted molar refractivity (Wildman–Crippen MR) is 41.4 cm³/mol. The van der Waals surface area contributed by atoms with Crippen molar-refractivity contribution < 1.29 is 13.9 Å². The van der Waals surface area contributed by atoms with Crippen molar-refractivity contribution in [3.05, 3.63) is 29.8 Å². The molecule has 0 aromatic heterocycles. The predicted octanol–water partition coefficient (Wildman–Crippen LogP) is 0.760. The summed E-state index contributed by atoms with van der Waals surface area (Å²) >= 11 is -1.95. The Bertz CT molecular complexity index is 272. The second kappa shape index (κ2) is 3.61. The molecule has 2 N–H and O–H groups in total. The summed E-state index contributed by atoms with van der Waals surface area (Å²) in [6.45, 7) is -0.106. The van der Waals surface area contributed by atoms with Gasteiger partial charge in [-0.2, -0.15) is 0 Å². The first-order valence-corrected chi connectivity index (χ1v) is 4.15. The molecule has 0 spiro atoms. The van der Waals surface area contributed by atoms with Crippen molar-refractivity contribution in [2.24, 2.45) is 0 Å². The lowest BCUT2D eigenvalue weighted by molar-refractivity contribution is 0.281. The maximum Gasteiger partial charge on any atom is 0.186 e. The lowest BCUT2D eigenvalue weighted by Crippen LogP contribution is -1.90. The Kier molecular flexibility index (Phi) is 2.76. The van der Waals surface area contributed by atoms with Crippen LogP contribution in [-0.4, -0.2) is 13.9 Å². The molecule has 0 saturated heterocycles. The van der Waals surface area contributed by atoms with Crippen LogP contribution in [0.2, 0.25) is 0 Å². The van der Waals surface area contributed by atoms with Gasteiger partial charge in [0.15, 0.2) is 11.1 Å². The van der Waals surface area contributed by atoms with E-state index >= 15 is 0 Å². The Balaban J connectivity index is 3.01. The first-order valence-electron chi connectivity index (χ1n) is 3.04. The average Bonchev–Trinajstić information content (AvgIpc) is 2.05. The van der Waals surface area contributed by atoms with E-state index < -0.39 is 11.1 Å². The third-order valence-electron chi connectivity index (χ3n) is 1.28. The van der Waals surface area contributed by atoms with Crippen LogP contribution in [0.4, 0.5) is 0 Å². The van der Waals surface area contributed by atoms with Crippen LogP contribution in [0.15, 0.2) is 29.2 Å². The molecule has 0 saturated carbocycles. The molecule has 0 heterocycles. The van der Waals surface area contributed by atoms with E-state index in [0.717, 1.165) is 0 Å². The van der Waals surface area contributed by atoms with E-state index in [1.807, 2.05) is 0 Å². The van der Waals surface area contributed by atoms with Crippen molar-refractivity contribution in [2.45, 2.75) is 11.5 Å². The fourth-order valence-corrected chi connectivity index (χ4v) is 1.20. The van der Waals surface area contributed by atoms with E-state index in [2.05, 4.69) is 0 Å². The zero-order valence-corrected chi connectivity index (χ0v) is 6.54. The number of benzene rings is 1. The Morgan fingerprint density at radius 2 is 2.18 bits per heavy atom. The van der Waals surface area contributed by atoms with E-state index in [0.29, 0.717) is 10.5 Å². The smallest absolute Gasteiger partial charge is 0.186 e. The molecule has 0 aliphatic carbocycles. The number of aliphatic hydroxyl groups is 1. The molecule has 4 heteroatoms. The molecule has 1 aromatic carbocycles. The molecule has 3 nitrogen and oxygen atoms in total. The summed E-state index contributed by atoms with van der Waals surface area (Å²) in [4.78, 5) is 0.316. The van der Waals surface area contributed by atoms with E-state index in [-0.39, 0.29) is 6.61 Å². The van der Waals surface area contributed by atoms with Crippen LogP contribution >= 0.6 is 0 Å². The molecule has 11 heavy (non-hydrogen) atoms. The summed E-state index contributed by atoms with van der Waals surface area (Å²) in [6.07, 6.45) is 0. The van der Waals surface area contributed by atoms with Crippen LogP contribution in [0, 0.1) is 0 Å². The molecular formula is C7H8O3S. The SMILES string of the molecule is O=S(O)c1cccc(CO)c1. The van der Waals surface area contributed by atoms with Gasteiger partial charge in [0.2, 0.25) is 0 Å². The third kappa shape index (κ3) is 2.11. The van der Waals surface area contributed by atoms with Gasteiger partial charge in [-0.05, 0) is 17.7 Å². The van der Waals surface area contributed by atoms with Crippen molar-refractivity contribution in [1.29, 1.82) is 0 Å². The first kappa shape index (κ1) is 8.39. The standard InChI is InChI=1S/C7H8O3S/c8-5-6-2-1-3-7(4-6)11(9)10/h1-4,8H,5H2,(H,9,10). The average molecular weight is 172 g/mol. The third-order valence-corrected chi connectivity index (χ3v) is 1.94. The van der Waals surface area contributed by atoms with Crippen molar-refractivity contribution in [3.8, 4) is 0 Å². The van der Waals surface area contributed by atoms with Crippen molar-refractivity contribution in [2.75, 3.05) is 0 Å². The molecule has 1 aromatic rings. The van der Waals surface area contributed by atoms with Gasteiger partial charge >= 0.3 is 0 Å². The molecule has 0 bridgehead atoms. The summed E-state index contributed by atoms with van der Waals surface area (Å²) in [5.41, 5.74) is 0.643. The van der Waals surface area contributed by atoms with Crippen LogP contribution in [0.1, 0.15) is 5.56 Å². The lowest BCUT2D eigenvalue weighted by Gasteiger charge is -1.97. The highest BCUT2D eigenvalue weighted by Crippen LogP contribution is 2.07. The van der Waals surface area contributed by atoms with Crippen molar-refractivity contribution in [3.63, 3.8) is 0 Å². The second-order valence-corrected chi connectivity index (χ2v) is 3.02. The van der Waals surface area contributed by atoms with Gasteiger partial charge < -0.3 is 9.66 Å². The van der Waals surface area contributed by atoms with E-state index in [1.165, 1.54) is 12.1 Å². The zero-order valence-electron chi connectivity index (χ0n) is 5.73. The van der Waals surface area contributed by atoms with Crippen LogP contribution in [0.3, 0.4) is 0 Å². The summed E-state index contributed by atoms with van der Waals surface area (Å²) in [7, 11) is 0. The van der Waals surface area contributed by atoms with Crippen LogP contribution in [-0.2, 0) is 17.7 Å². The fraction of sp³-hybridized carbons (Fsp3) is 0.143. The van der Waals surface area contributed by atoms with Gasteiger partial charge in [-0.25, -0.2) is 4.21 Å². The minimum atomic E-state index is -1.95. The molecule has 60 valence electrons. The zero-order chi connectivity index (χ0) is 8.27. The van der Waals surface area contributed by atoms with E-state index in [9.17, 15) is 4.21 Å². The highest BCUT2D eigenvalue weighted by Gasteiger charge is 1.98. The van der Waals surface area contributed by atoms with Gasteiger partial charge in [-0.15, -0.1) is 0 Å². The van der Waals surface area contributed by atoms with Crippen LogP contribution in [0.25, 0.3) is 0 Å². The maximum absolute atomic E-state index is 10.5. The highest BCUT2D eigenvalue weighted by molar-refractivity contribution is 7.79. The topological polar surface area (TPSA) is 57.5 Å². The Labute approximate surface area is 67.0 Å². The Morgan fingerprint density at radius 1 is 1.45 bits per heavy atom. The number of aliphatic hydroxyl groups excluding tert-OH is 1. The Hall–Kier alpha value is -0.710. The van der Waals surface area contributed by atoms with Gasteiger partial charge in [0.1, 0.15) is 0 Å². The fourth-order valence-electron chi connectivity index (χ4n) is 0.752. The maximum atomic E-state index is 10.5. The summed E-state index contributed by atoms with van der Waals surface area (Å²) < 4.78 is 19.1. The van der Waals surface area contributed by atoms with Gasteiger partial charge in [0.25, 0.3) is 0 Å². The minimum Gasteiger partial charge on any atom is -0.392 e. The number of hydrogen-bond donors (Lipinski definition) is 2. The molecule has 0 aliphatic heterocycles. The summed E-state index contributed by atoms with van der Waals surface area (Å²) in [5.74, 6) is 0. The van der Waals surface area contributed by atoms with Gasteiger partial charge in [-0.3, -0.25) is 0 Å². The normalized spacial score (nSPS) is 12.9. The first-order chi connectivity index (χ1) is 5.24. The molecule has 0 radical (unpaired) electrons. The van der Waals surface area contributed by atoms with Gasteiger partial charge in [-0.1, -0.05) is 12.1 Å². The summed E-state index contributed by atoms with van der Waals surface area (Å²) in [5, 5.41) is 8.66. The molecular weight excluding hydrogens is 164 g/mol. The molecule has 1 rings (SSSR count). The second-order valence-electron chi connectivity index (χ2n) is 2.05. The minimum absolute atomic E-state index is 0.106. The molecule has 0 fully saturated rings. The van der Waals surface area contributed by atoms with Crippen LogP contribution < -0.4 is 0 Å². The highest BCUT2D eigenvalue weighted by atomic mass is 32.2. The van der Waals surface area contributed by atoms with Gasteiger partial charge in [0, 0.05) is 0 Å². The molecule has 1 atom stereocenters. The van der Waals surface area contributed by atoms with Crippen molar-refractivity contribution in [1.82, 2.24) is 0 Å². The summed E-state index contributed by atoms with van der Waals surface area (Å²) in [6, 6.07) is 6.36. The number of hydrogen-bond acceptors (Lipinski definition) is 2. The van der Waals surface area contributed by atoms with E-state index in [1.54, 1.807) is 12.1 Å². The lowest BCUT2D eigenvalue weighted by atomic mass is 10.2. The van der Waals surface area contributed by atoms with Gasteiger partial charge in [0.05, 0.1) is 11.5 Å². The number of rotatable bonds is 2. The molecule has 0 aliphatic rings. The van der Waals surface area contributed by atoms with Crippen LogP contribution in [0.5, 0.6) is 0 Å². The van der Waals surface area contributed by atoms with Crippen molar-refractivity contribution >= 4 is 11.1 Å². The Morgan fingerprint density at radius 3 is 2.73 bits per heavy atom. The molecule has 1 unspecified atom stereocenters. The monoisotopic (exact) mass is 172 g/mol. The largest absolute Gasteiger partial charge is 0.392 e. The quantitative estimate of drug-likeness (QED) is 0.647.